The van der Waals surface area contributed by atoms with Crippen LogP contribution in [0, 0.1) is 5.92 Å². The van der Waals surface area contributed by atoms with Gasteiger partial charge in [0.05, 0.1) is 0 Å². The molecule has 0 aliphatic heterocycles. The normalized spacial score (nSPS) is 29.4. The van der Waals surface area contributed by atoms with Gasteiger partial charge in [-0.3, -0.25) is 0 Å². The zero-order valence-corrected chi connectivity index (χ0v) is 13.7. The molecular weight excluding hydrogens is 262 g/mol. The molecule has 1 fully saturated rings. The lowest BCUT2D eigenvalue weighted by Gasteiger charge is -2.45. The Kier molecular flexibility index (Phi) is 5.40. The van der Waals surface area contributed by atoms with Crippen molar-refractivity contribution in [3.8, 4) is 0 Å². The molecule has 0 aromatic rings. The average Bonchev–Trinajstić information content (AvgIpc) is 2.38. The van der Waals surface area contributed by atoms with Gasteiger partial charge in [0.2, 0.25) is 0 Å². The summed E-state index contributed by atoms with van der Waals surface area (Å²) < 4.78 is 28.2. The molecule has 0 amide bonds. The Morgan fingerprint density at radius 2 is 1.74 bits per heavy atom. The fourth-order valence-electron chi connectivity index (χ4n) is 2.65. The van der Waals surface area contributed by atoms with Crippen LogP contribution >= 0.6 is 0 Å². The van der Waals surface area contributed by atoms with Crippen molar-refractivity contribution in [1.29, 1.82) is 0 Å². The molecular formula is C13H29N3O2S. The molecule has 1 saturated carbocycles. The largest absolute Gasteiger partial charge is 0.329 e. The van der Waals surface area contributed by atoms with Crippen LogP contribution in [-0.4, -0.2) is 49.2 Å². The van der Waals surface area contributed by atoms with Crippen LogP contribution in [0.4, 0.5) is 0 Å². The van der Waals surface area contributed by atoms with Crippen LogP contribution < -0.4 is 5.73 Å². The predicted octanol–water partition coefficient (Wildman–Crippen LogP) is 1.41. The van der Waals surface area contributed by atoms with E-state index >= 15 is 0 Å². The highest BCUT2D eigenvalue weighted by Crippen LogP contribution is 2.37. The summed E-state index contributed by atoms with van der Waals surface area (Å²) in [6.45, 7) is 6.36. The van der Waals surface area contributed by atoms with Gasteiger partial charge in [-0.2, -0.15) is 17.0 Å². The second-order valence-electron chi connectivity index (χ2n) is 6.20. The average molecular weight is 291 g/mol. The van der Waals surface area contributed by atoms with E-state index in [1.165, 1.54) is 8.61 Å². The molecule has 1 aliphatic rings. The molecule has 6 heteroatoms. The van der Waals surface area contributed by atoms with Gasteiger partial charge in [0.15, 0.2) is 0 Å². The van der Waals surface area contributed by atoms with Crippen LogP contribution in [0.3, 0.4) is 0 Å². The summed E-state index contributed by atoms with van der Waals surface area (Å²) in [6.07, 6.45) is 3.80. The van der Waals surface area contributed by atoms with Crippen molar-refractivity contribution >= 4 is 10.2 Å². The minimum atomic E-state index is -3.44. The van der Waals surface area contributed by atoms with Gasteiger partial charge in [0, 0.05) is 32.2 Å². The van der Waals surface area contributed by atoms with Crippen molar-refractivity contribution in [1.82, 2.24) is 8.61 Å². The van der Waals surface area contributed by atoms with Crippen LogP contribution in [0.25, 0.3) is 0 Å². The van der Waals surface area contributed by atoms with Gasteiger partial charge in [0.1, 0.15) is 0 Å². The van der Waals surface area contributed by atoms with Crippen molar-refractivity contribution in [2.24, 2.45) is 11.7 Å². The number of nitrogens with two attached hydrogens (primary N) is 1. The van der Waals surface area contributed by atoms with Gasteiger partial charge in [-0.05, 0) is 45.4 Å². The van der Waals surface area contributed by atoms with E-state index < -0.39 is 15.7 Å². The van der Waals surface area contributed by atoms with Crippen LogP contribution in [0.15, 0.2) is 0 Å². The zero-order valence-electron chi connectivity index (χ0n) is 12.9. The zero-order chi connectivity index (χ0) is 14.8. The molecule has 0 unspecified atom stereocenters. The number of hydrogen-bond acceptors (Lipinski definition) is 3. The van der Waals surface area contributed by atoms with Crippen LogP contribution in [0.5, 0.6) is 0 Å². The molecule has 0 heterocycles. The number of hydrogen-bond donors (Lipinski definition) is 1. The minimum Gasteiger partial charge on any atom is -0.329 e. The molecule has 19 heavy (non-hydrogen) atoms. The molecule has 5 nitrogen and oxygen atoms in total. The Balaban J connectivity index is 2.99. The van der Waals surface area contributed by atoms with Gasteiger partial charge in [0.25, 0.3) is 10.2 Å². The lowest BCUT2D eigenvalue weighted by atomic mass is 9.77. The van der Waals surface area contributed by atoms with E-state index in [1.54, 1.807) is 14.1 Å². The van der Waals surface area contributed by atoms with E-state index in [4.69, 9.17) is 5.73 Å². The molecule has 0 radical (unpaired) electrons. The minimum absolute atomic E-state index is 0.0511. The maximum absolute atomic E-state index is 12.6. The fraction of sp³-hybridized carbons (Fsp3) is 1.00. The number of rotatable bonds is 5. The molecule has 2 N–H and O–H groups in total. The third kappa shape index (κ3) is 3.29. The Morgan fingerprint density at radius 1 is 1.26 bits per heavy atom. The molecule has 0 saturated heterocycles. The third-order valence-corrected chi connectivity index (χ3v) is 6.92. The molecule has 1 aliphatic carbocycles. The molecule has 0 bridgehead atoms. The van der Waals surface area contributed by atoms with Gasteiger partial charge in [-0.25, -0.2) is 0 Å². The lowest BCUT2D eigenvalue weighted by molar-refractivity contribution is 0.128. The smallest absolute Gasteiger partial charge is 0.282 e. The number of nitrogens with zero attached hydrogens (tertiary/aromatic N) is 2. The second-order valence-corrected chi connectivity index (χ2v) is 8.22. The van der Waals surface area contributed by atoms with Gasteiger partial charge in [-0.15, -0.1) is 0 Å². The highest BCUT2D eigenvalue weighted by Gasteiger charge is 2.43. The maximum Gasteiger partial charge on any atom is 0.282 e. The summed E-state index contributed by atoms with van der Waals surface area (Å²) in [5.74, 6) is 0.665. The van der Waals surface area contributed by atoms with Crippen LogP contribution in [-0.2, 0) is 10.2 Å². The molecule has 0 spiro atoms. The summed E-state index contributed by atoms with van der Waals surface area (Å²) in [5.41, 5.74) is 5.52. The van der Waals surface area contributed by atoms with Crippen LogP contribution in [0.1, 0.15) is 46.5 Å². The maximum atomic E-state index is 12.6. The van der Waals surface area contributed by atoms with E-state index in [-0.39, 0.29) is 6.04 Å². The molecule has 0 atom stereocenters. The first-order chi connectivity index (χ1) is 8.67. The van der Waals surface area contributed by atoms with Gasteiger partial charge in [-0.1, -0.05) is 6.92 Å². The second kappa shape index (κ2) is 6.08. The summed E-state index contributed by atoms with van der Waals surface area (Å²) in [6, 6.07) is -0.0511. The monoisotopic (exact) mass is 291 g/mol. The van der Waals surface area contributed by atoms with Gasteiger partial charge < -0.3 is 5.73 Å². The van der Waals surface area contributed by atoms with E-state index in [1.807, 2.05) is 13.8 Å². The highest BCUT2D eigenvalue weighted by molar-refractivity contribution is 7.86. The Hall–Kier alpha value is -0.170. The van der Waals surface area contributed by atoms with E-state index in [0.717, 1.165) is 25.7 Å². The van der Waals surface area contributed by atoms with Crippen molar-refractivity contribution in [2.45, 2.75) is 58.0 Å². The first-order valence-electron chi connectivity index (χ1n) is 7.09. The topological polar surface area (TPSA) is 66.6 Å². The fourth-order valence-corrected chi connectivity index (χ4v) is 4.32. The van der Waals surface area contributed by atoms with Crippen molar-refractivity contribution in [3.05, 3.63) is 0 Å². The molecule has 0 aromatic heterocycles. The third-order valence-electron chi connectivity index (χ3n) is 4.69. The predicted molar refractivity (Wildman–Crippen MR) is 79.0 cm³/mol. The molecule has 114 valence electrons. The molecule has 1 rings (SSSR count). The first-order valence-corrected chi connectivity index (χ1v) is 8.49. The SMILES string of the molecule is CC1CCC(CN)(N(C)S(=O)(=O)N(C)C(C)C)CC1. The Bertz CT molecular complexity index is 387. The van der Waals surface area contributed by atoms with E-state index in [9.17, 15) is 8.42 Å². The van der Waals surface area contributed by atoms with Gasteiger partial charge >= 0.3 is 0 Å². The summed E-state index contributed by atoms with van der Waals surface area (Å²) >= 11 is 0. The number of likely N-dealkylation sites (N-methyl/N-ethyl adjacent to an activating group) is 1. The van der Waals surface area contributed by atoms with Crippen molar-refractivity contribution in [3.63, 3.8) is 0 Å². The van der Waals surface area contributed by atoms with E-state index in [0.29, 0.717) is 12.5 Å². The highest BCUT2D eigenvalue weighted by atomic mass is 32.2. The quantitative estimate of drug-likeness (QED) is 0.833. The lowest BCUT2D eigenvalue weighted by Crippen LogP contribution is -2.59. The first kappa shape index (κ1) is 16.9. The standard InChI is InChI=1S/C13H29N3O2S/c1-11(2)15(4)19(17,18)16(5)13(10-14)8-6-12(3)7-9-13/h11-12H,6-10,14H2,1-5H3. The Morgan fingerprint density at radius 3 is 2.11 bits per heavy atom. The summed E-state index contributed by atoms with van der Waals surface area (Å²) in [5, 5.41) is 0. The van der Waals surface area contributed by atoms with Crippen LogP contribution in [0.2, 0.25) is 0 Å². The van der Waals surface area contributed by atoms with E-state index in [2.05, 4.69) is 6.92 Å². The molecule has 0 aromatic carbocycles. The summed E-state index contributed by atoms with van der Waals surface area (Å²) in [7, 11) is -0.130. The summed E-state index contributed by atoms with van der Waals surface area (Å²) in [4.78, 5) is 0. The van der Waals surface area contributed by atoms with Crippen molar-refractivity contribution < 1.29 is 8.42 Å². The van der Waals surface area contributed by atoms with Crippen molar-refractivity contribution in [2.75, 3.05) is 20.6 Å². The Labute approximate surface area is 118 Å².